The summed E-state index contributed by atoms with van der Waals surface area (Å²) >= 11 is 0. The zero-order valence-corrected chi connectivity index (χ0v) is 7.87. The van der Waals surface area contributed by atoms with Gasteiger partial charge in [0, 0.05) is 6.42 Å². The first-order chi connectivity index (χ1) is 6.17. The SMILES string of the molecule is C=CO/C(C(=O)O)=C(/CC)OCC. The molecular formula is C9H14O4. The van der Waals surface area contributed by atoms with Crippen LogP contribution < -0.4 is 0 Å². The van der Waals surface area contributed by atoms with Gasteiger partial charge in [-0.1, -0.05) is 13.5 Å². The third-order valence-corrected chi connectivity index (χ3v) is 1.29. The highest BCUT2D eigenvalue weighted by Crippen LogP contribution is 2.12. The van der Waals surface area contributed by atoms with E-state index in [9.17, 15) is 4.79 Å². The van der Waals surface area contributed by atoms with Gasteiger partial charge in [0.2, 0.25) is 5.76 Å². The zero-order chi connectivity index (χ0) is 10.3. The number of carboxylic acid groups (broad SMARTS) is 1. The Bertz CT molecular complexity index is 218. The molecule has 4 heteroatoms. The molecule has 0 saturated heterocycles. The van der Waals surface area contributed by atoms with Crippen molar-refractivity contribution < 1.29 is 19.4 Å². The Kier molecular flexibility index (Phi) is 5.43. The van der Waals surface area contributed by atoms with Crippen LogP contribution in [0.25, 0.3) is 0 Å². The minimum absolute atomic E-state index is 0.195. The number of hydrogen-bond donors (Lipinski definition) is 1. The average molecular weight is 186 g/mol. The Balaban J connectivity index is 4.75. The van der Waals surface area contributed by atoms with Crippen LogP contribution in [0.15, 0.2) is 24.4 Å². The van der Waals surface area contributed by atoms with E-state index >= 15 is 0 Å². The largest absolute Gasteiger partial charge is 0.494 e. The summed E-state index contributed by atoms with van der Waals surface area (Å²) in [6, 6.07) is 0. The van der Waals surface area contributed by atoms with Gasteiger partial charge in [-0.2, -0.15) is 0 Å². The molecule has 0 aliphatic carbocycles. The molecule has 4 nitrogen and oxygen atoms in total. The lowest BCUT2D eigenvalue weighted by atomic mass is 10.3. The van der Waals surface area contributed by atoms with Crippen LogP contribution in [0.4, 0.5) is 0 Å². The summed E-state index contributed by atoms with van der Waals surface area (Å²) in [6.45, 7) is 7.27. The van der Waals surface area contributed by atoms with E-state index in [1.807, 2.05) is 0 Å². The van der Waals surface area contributed by atoms with Crippen LogP contribution in [-0.4, -0.2) is 17.7 Å². The van der Waals surface area contributed by atoms with Gasteiger partial charge in [-0.05, 0) is 6.92 Å². The van der Waals surface area contributed by atoms with E-state index < -0.39 is 5.97 Å². The standard InChI is InChI=1S/C9H14O4/c1-4-7(12-5-2)8(9(10)11)13-6-3/h6H,3-5H2,1-2H3,(H,10,11)/b8-7-. The van der Waals surface area contributed by atoms with Gasteiger partial charge >= 0.3 is 5.97 Å². The summed E-state index contributed by atoms with van der Waals surface area (Å²) in [5.74, 6) is -1.01. The van der Waals surface area contributed by atoms with E-state index in [1.54, 1.807) is 13.8 Å². The fourth-order valence-electron chi connectivity index (χ4n) is 0.821. The van der Waals surface area contributed by atoms with Gasteiger partial charge in [0.25, 0.3) is 0 Å². The lowest BCUT2D eigenvalue weighted by molar-refractivity contribution is -0.136. The monoisotopic (exact) mass is 186 g/mol. The summed E-state index contributed by atoms with van der Waals surface area (Å²) in [7, 11) is 0. The van der Waals surface area contributed by atoms with Crippen molar-refractivity contribution in [1.29, 1.82) is 0 Å². The summed E-state index contributed by atoms with van der Waals surface area (Å²) < 4.78 is 9.82. The molecule has 0 aromatic rings. The molecule has 0 saturated carbocycles. The predicted molar refractivity (Wildman–Crippen MR) is 47.9 cm³/mol. The topological polar surface area (TPSA) is 55.8 Å². The van der Waals surface area contributed by atoms with Crippen LogP contribution in [0.5, 0.6) is 0 Å². The van der Waals surface area contributed by atoms with Gasteiger partial charge in [0.05, 0.1) is 12.9 Å². The number of ether oxygens (including phenoxy) is 2. The van der Waals surface area contributed by atoms with Crippen LogP contribution in [0.1, 0.15) is 20.3 Å². The summed E-state index contributed by atoms with van der Waals surface area (Å²) in [5.41, 5.74) is 0. The second kappa shape index (κ2) is 6.11. The van der Waals surface area contributed by atoms with Gasteiger partial charge in [-0.25, -0.2) is 4.79 Å². The van der Waals surface area contributed by atoms with Crippen molar-refractivity contribution in [2.45, 2.75) is 20.3 Å². The number of aliphatic carboxylic acids is 1. The summed E-state index contributed by atoms with van der Waals surface area (Å²) in [5, 5.41) is 8.72. The second-order valence-electron chi connectivity index (χ2n) is 2.13. The molecule has 0 aliphatic heterocycles. The number of carboxylic acids is 1. The Morgan fingerprint density at radius 3 is 2.46 bits per heavy atom. The first-order valence-corrected chi connectivity index (χ1v) is 4.04. The molecule has 13 heavy (non-hydrogen) atoms. The molecule has 0 amide bonds. The molecule has 0 fully saturated rings. The fourth-order valence-corrected chi connectivity index (χ4v) is 0.821. The fraction of sp³-hybridized carbons (Fsp3) is 0.444. The van der Waals surface area contributed by atoms with E-state index in [2.05, 4.69) is 6.58 Å². The highest BCUT2D eigenvalue weighted by molar-refractivity contribution is 5.84. The van der Waals surface area contributed by atoms with Crippen LogP contribution in [-0.2, 0) is 14.3 Å². The molecule has 0 bridgehead atoms. The number of carbonyl (C=O) groups is 1. The third kappa shape index (κ3) is 3.64. The van der Waals surface area contributed by atoms with E-state index in [0.29, 0.717) is 18.8 Å². The van der Waals surface area contributed by atoms with Gasteiger partial charge in [-0.15, -0.1) is 0 Å². The van der Waals surface area contributed by atoms with E-state index in [0.717, 1.165) is 6.26 Å². The predicted octanol–water partition coefficient (Wildman–Crippen LogP) is 1.89. The third-order valence-electron chi connectivity index (χ3n) is 1.29. The van der Waals surface area contributed by atoms with Crippen molar-refractivity contribution in [3.05, 3.63) is 24.4 Å². The molecule has 0 aromatic heterocycles. The first-order valence-electron chi connectivity index (χ1n) is 4.04. The van der Waals surface area contributed by atoms with Crippen molar-refractivity contribution in [2.75, 3.05) is 6.61 Å². The molecule has 0 spiro atoms. The zero-order valence-electron chi connectivity index (χ0n) is 7.87. The molecule has 0 radical (unpaired) electrons. The smallest absolute Gasteiger partial charge is 0.375 e. The molecule has 0 aromatic carbocycles. The van der Waals surface area contributed by atoms with Crippen LogP contribution >= 0.6 is 0 Å². The highest BCUT2D eigenvalue weighted by atomic mass is 16.5. The quantitative estimate of drug-likeness (QED) is 0.508. The van der Waals surface area contributed by atoms with Crippen LogP contribution in [0, 0.1) is 0 Å². The second-order valence-corrected chi connectivity index (χ2v) is 2.13. The van der Waals surface area contributed by atoms with E-state index in [4.69, 9.17) is 14.6 Å². The summed E-state index contributed by atoms with van der Waals surface area (Å²) in [6.07, 6.45) is 1.54. The molecule has 0 atom stereocenters. The van der Waals surface area contributed by atoms with Gasteiger partial charge in [0.15, 0.2) is 0 Å². The average Bonchev–Trinajstić information content (AvgIpc) is 2.10. The molecular weight excluding hydrogens is 172 g/mol. The first kappa shape index (κ1) is 11.6. The van der Waals surface area contributed by atoms with E-state index in [-0.39, 0.29) is 5.76 Å². The van der Waals surface area contributed by atoms with Crippen LogP contribution in [0.2, 0.25) is 0 Å². The van der Waals surface area contributed by atoms with Crippen molar-refractivity contribution >= 4 is 5.97 Å². The lowest BCUT2D eigenvalue weighted by Crippen LogP contribution is -2.08. The molecule has 74 valence electrons. The maximum atomic E-state index is 10.7. The number of hydrogen-bond acceptors (Lipinski definition) is 3. The Morgan fingerprint density at radius 1 is 1.54 bits per heavy atom. The molecule has 0 heterocycles. The van der Waals surface area contributed by atoms with Gasteiger partial charge < -0.3 is 14.6 Å². The minimum Gasteiger partial charge on any atom is -0.494 e. The van der Waals surface area contributed by atoms with Gasteiger partial charge in [0.1, 0.15) is 5.76 Å². The Labute approximate surface area is 77.5 Å². The lowest BCUT2D eigenvalue weighted by Gasteiger charge is -2.09. The molecule has 0 unspecified atom stereocenters. The molecule has 0 aliphatic rings. The summed E-state index contributed by atoms with van der Waals surface area (Å²) in [4.78, 5) is 10.7. The normalized spacial score (nSPS) is 11.5. The highest BCUT2D eigenvalue weighted by Gasteiger charge is 2.15. The maximum absolute atomic E-state index is 10.7. The maximum Gasteiger partial charge on any atom is 0.375 e. The van der Waals surface area contributed by atoms with E-state index in [1.165, 1.54) is 0 Å². The van der Waals surface area contributed by atoms with Crippen molar-refractivity contribution in [3.8, 4) is 0 Å². The van der Waals surface area contributed by atoms with Crippen molar-refractivity contribution in [3.63, 3.8) is 0 Å². The van der Waals surface area contributed by atoms with Crippen LogP contribution in [0.3, 0.4) is 0 Å². The minimum atomic E-state index is -1.15. The van der Waals surface area contributed by atoms with Gasteiger partial charge in [-0.3, -0.25) is 0 Å². The van der Waals surface area contributed by atoms with Crippen molar-refractivity contribution in [1.82, 2.24) is 0 Å². The Hall–Kier alpha value is -1.45. The number of allylic oxidation sites excluding steroid dienone is 1. The molecule has 0 rings (SSSR count). The van der Waals surface area contributed by atoms with Crippen molar-refractivity contribution in [2.24, 2.45) is 0 Å². The Morgan fingerprint density at radius 2 is 2.15 bits per heavy atom. The molecule has 1 N–H and O–H groups in total. The number of rotatable bonds is 6.